The molecular formula is C23H28N6O2. The van der Waals surface area contributed by atoms with E-state index in [4.69, 9.17) is 5.73 Å². The SMILES string of the molecule is CC(C)Nc1c(C(N)=O)cnn2cc(-c3ccc(C(=O)N4CCN(C)CC4)cc3)cc12. The molecule has 0 bridgehead atoms. The summed E-state index contributed by atoms with van der Waals surface area (Å²) in [4.78, 5) is 28.8. The van der Waals surface area contributed by atoms with Gasteiger partial charge in [-0.25, -0.2) is 4.52 Å². The third-order valence-corrected chi connectivity index (χ3v) is 5.59. The van der Waals surface area contributed by atoms with Gasteiger partial charge in [-0.1, -0.05) is 12.1 Å². The van der Waals surface area contributed by atoms with E-state index in [2.05, 4.69) is 22.4 Å². The van der Waals surface area contributed by atoms with Gasteiger partial charge in [-0.15, -0.1) is 0 Å². The maximum atomic E-state index is 12.8. The summed E-state index contributed by atoms with van der Waals surface area (Å²) < 4.78 is 1.73. The monoisotopic (exact) mass is 420 g/mol. The van der Waals surface area contributed by atoms with E-state index in [9.17, 15) is 9.59 Å². The highest BCUT2D eigenvalue weighted by Crippen LogP contribution is 2.29. The lowest BCUT2D eigenvalue weighted by Crippen LogP contribution is -2.47. The molecule has 0 spiro atoms. The minimum absolute atomic E-state index is 0.0675. The average Bonchev–Trinajstić information content (AvgIpc) is 3.18. The molecule has 1 fully saturated rings. The molecule has 162 valence electrons. The van der Waals surface area contributed by atoms with Crippen LogP contribution in [0.2, 0.25) is 0 Å². The third kappa shape index (κ3) is 4.25. The Morgan fingerprint density at radius 1 is 1.06 bits per heavy atom. The van der Waals surface area contributed by atoms with Gasteiger partial charge >= 0.3 is 0 Å². The average molecular weight is 421 g/mol. The van der Waals surface area contributed by atoms with Crippen molar-refractivity contribution < 1.29 is 9.59 Å². The number of fused-ring (bicyclic) bond motifs is 1. The zero-order chi connectivity index (χ0) is 22.1. The first kappa shape index (κ1) is 20.9. The van der Waals surface area contributed by atoms with Crippen molar-refractivity contribution in [1.29, 1.82) is 0 Å². The predicted octanol–water partition coefficient (Wildman–Crippen LogP) is 2.31. The number of primary amides is 1. The minimum Gasteiger partial charge on any atom is -0.380 e. The van der Waals surface area contributed by atoms with E-state index in [0.717, 1.165) is 42.8 Å². The van der Waals surface area contributed by atoms with Gasteiger partial charge in [0, 0.05) is 49.5 Å². The molecule has 1 aliphatic heterocycles. The van der Waals surface area contributed by atoms with Crippen molar-refractivity contribution in [2.75, 3.05) is 38.5 Å². The second-order valence-corrected chi connectivity index (χ2v) is 8.33. The lowest BCUT2D eigenvalue weighted by atomic mass is 10.1. The Hall–Kier alpha value is -3.39. The maximum Gasteiger partial charge on any atom is 0.253 e. The van der Waals surface area contributed by atoms with Gasteiger partial charge in [-0.05, 0) is 44.7 Å². The number of hydrogen-bond acceptors (Lipinski definition) is 5. The summed E-state index contributed by atoms with van der Waals surface area (Å²) in [6.07, 6.45) is 3.39. The normalized spacial score (nSPS) is 14.9. The zero-order valence-corrected chi connectivity index (χ0v) is 18.1. The molecular weight excluding hydrogens is 392 g/mol. The molecule has 1 saturated heterocycles. The number of piperazine rings is 1. The second kappa shape index (κ2) is 8.39. The Balaban J connectivity index is 1.63. The van der Waals surface area contributed by atoms with E-state index in [0.29, 0.717) is 16.8 Å². The number of likely N-dealkylation sites (N-methyl/N-ethyl adjacent to an activating group) is 1. The molecule has 2 aromatic heterocycles. The van der Waals surface area contributed by atoms with Gasteiger partial charge in [0.25, 0.3) is 11.8 Å². The molecule has 0 atom stereocenters. The quantitative estimate of drug-likeness (QED) is 0.660. The first-order chi connectivity index (χ1) is 14.8. The summed E-state index contributed by atoms with van der Waals surface area (Å²) in [5.74, 6) is -0.453. The Morgan fingerprint density at radius 3 is 2.35 bits per heavy atom. The second-order valence-electron chi connectivity index (χ2n) is 8.33. The summed E-state index contributed by atoms with van der Waals surface area (Å²) in [6.45, 7) is 7.30. The Labute approximate surface area is 181 Å². The number of benzene rings is 1. The van der Waals surface area contributed by atoms with Crippen molar-refractivity contribution in [2.24, 2.45) is 5.73 Å². The molecule has 2 amide bonds. The van der Waals surface area contributed by atoms with Crippen LogP contribution in [-0.2, 0) is 0 Å². The summed E-state index contributed by atoms with van der Waals surface area (Å²) in [6, 6.07) is 9.73. The molecule has 0 aliphatic carbocycles. The number of nitrogens with two attached hydrogens (primary N) is 1. The highest BCUT2D eigenvalue weighted by atomic mass is 16.2. The standard InChI is InChI=1S/C23H28N6O2/c1-15(2)26-21-19(22(24)30)13-25-29-14-18(12-20(21)29)16-4-6-17(7-5-16)23(31)28-10-8-27(3)9-11-28/h4-7,12-15,26H,8-11H2,1-3H3,(H2,24,30). The molecule has 0 radical (unpaired) electrons. The molecule has 1 aliphatic rings. The van der Waals surface area contributed by atoms with Crippen molar-refractivity contribution in [2.45, 2.75) is 19.9 Å². The summed E-state index contributed by atoms with van der Waals surface area (Å²) >= 11 is 0. The van der Waals surface area contributed by atoms with E-state index in [-0.39, 0.29) is 11.9 Å². The molecule has 4 rings (SSSR count). The van der Waals surface area contributed by atoms with Crippen LogP contribution in [0, 0.1) is 0 Å². The molecule has 1 aromatic carbocycles. The summed E-state index contributed by atoms with van der Waals surface area (Å²) in [5.41, 5.74) is 9.96. The molecule has 8 heteroatoms. The number of nitrogens with one attached hydrogen (secondary N) is 1. The number of anilines is 1. The number of aromatic nitrogens is 2. The van der Waals surface area contributed by atoms with Crippen molar-refractivity contribution in [1.82, 2.24) is 19.4 Å². The van der Waals surface area contributed by atoms with Crippen LogP contribution >= 0.6 is 0 Å². The molecule has 31 heavy (non-hydrogen) atoms. The number of nitrogens with zero attached hydrogens (tertiary/aromatic N) is 4. The van der Waals surface area contributed by atoms with Crippen LogP contribution in [0.4, 0.5) is 5.69 Å². The Morgan fingerprint density at radius 2 is 1.74 bits per heavy atom. The fraction of sp³-hybridized carbons (Fsp3) is 0.348. The van der Waals surface area contributed by atoms with Gasteiger partial charge in [-0.3, -0.25) is 9.59 Å². The zero-order valence-electron chi connectivity index (χ0n) is 18.1. The smallest absolute Gasteiger partial charge is 0.253 e. The fourth-order valence-electron chi connectivity index (χ4n) is 3.84. The van der Waals surface area contributed by atoms with Gasteiger partial charge in [0.05, 0.1) is 23.0 Å². The first-order valence-corrected chi connectivity index (χ1v) is 10.5. The maximum absolute atomic E-state index is 12.8. The van der Waals surface area contributed by atoms with Crippen molar-refractivity contribution in [3.8, 4) is 11.1 Å². The molecule has 8 nitrogen and oxygen atoms in total. The van der Waals surface area contributed by atoms with Crippen LogP contribution in [0.25, 0.3) is 16.6 Å². The van der Waals surface area contributed by atoms with Crippen LogP contribution in [0.5, 0.6) is 0 Å². The Kier molecular flexibility index (Phi) is 5.65. The predicted molar refractivity (Wildman–Crippen MR) is 121 cm³/mol. The highest BCUT2D eigenvalue weighted by molar-refractivity contribution is 6.02. The lowest BCUT2D eigenvalue weighted by Gasteiger charge is -2.32. The van der Waals surface area contributed by atoms with Gasteiger partial charge in [0.15, 0.2) is 0 Å². The molecule has 3 heterocycles. The number of hydrogen-bond donors (Lipinski definition) is 2. The van der Waals surface area contributed by atoms with Crippen LogP contribution in [0.15, 0.2) is 42.7 Å². The number of carbonyl (C=O) groups is 2. The molecule has 0 saturated carbocycles. The van der Waals surface area contributed by atoms with Crippen LogP contribution < -0.4 is 11.1 Å². The van der Waals surface area contributed by atoms with E-state index < -0.39 is 5.91 Å². The minimum atomic E-state index is -0.521. The summed E-state index contributed by atoms with van der Waals surface area (Å²) in [5, 5.41) is 7.65. The first-order valence-electron chi connectivity index (χ1n) is 10.5. The molecule has 3 N–H and O–H groups in total. The molecule has 3 aromatic rings. The van der Waals surface area contributed by atoms with E-state index in [1.54, 1.807) is 4.52 Å². The highest BCUT2D eigenvalue weighted by Gasteiger charge is 2.21. The van der Waals surface area contributed by atoms with Crippen LogP contribution in [0.1, 0.15) is 34.6 Å². The van der Waals surface area contributed by atoms with E-state index in [1.807, 2.05) is 55.3 Å². The number of carbonyl (C=O) groups excluding carboxylic acids is 2. The van der Waals surface area contributed by atoms with Crippen molar-refractivity contribution >= 4 is 23.0 Å². The molecule has 0 unspecified atom stereocenters. The van der Waals surface area contributed by atoms with Crippen LogP contribution in [0.3, 0.4) is 0 Å². The van der Waals surface area contributed by atoms with Gasteiger partial charge in [0.2, 0.25) is 0 Å². The van der Waals surface area contributed by atoms with E-state index >= 15 is 0 Å². The summed E-state index contributed by atoms with van der Waals surface area (Å²) in [7, 11) is 2.07. The fourth-order valence-corrected chi connectivity index (χ4v) is 3.84. The number of amides is 2. The third-order valence-electron chi connectivity index (χ3n) is 5.59. The van der Waals surface area contributed by atoms with Crippen molar-refractivity contribution in [3.63, 3.8) is 0 Å². The Bertz CT molecular complexity index is 1110. The largest absolute Gasteiger partial charge is 0.380 e. The number of rotatable bonds is 5. The van der Waals surface area contributed by atoms with Gasteiger partial charge in [0.1, 0.15) is 0 Å². The van der Waals surface area contributed by atoms with Gasteiger partial charge < -0.3 is 20.9 Å². The lowest BCUT2D eigenvalue weighted by molar-refractivity contribution is 0.0664. The topological polar surface area (TPSA) is 96.0 Å². The van der Waals surface area contributed by atoms with E-state index in [1.165, 1.54) is 6.20 Å². The van der Waals surface area contributed by atoms with Gasteiger partial charge in [-0.2, -0.15) is 5.10 Å². The van der Waals surface area contributed by atoms with Crippen LogP contribution in [-0.4, -0.2) is 70.5 Å². The van der Waals surface area contributed by atoms with Crippen molar-refractivity contribution in [3.05, 3.63) is 53.9 Å².